The highest BCUT2D eigenvalue weighted by molar-refractivity contribution is 5.82. The molecule has 0 saturated carbocycles. The standard InChI is InChI=1S/C14H23N5O/c1-10(16-14(20)11-6-5-8-15-11)13-18-17-12-7-3-2-4-9-19(12)13/h10-11,15H,2-9H2,1H3,(H,16,20)/t10?,11-/m0/s1. The first-order chi connectivity index (χ1) is 9.75. The Balaban J connectivity index is 1.69. The molecule has 1 aromatic rings. The van der Waals surface area contributed by atoms with E-state index in [1.54, 1.807) is 0 Å². The lowest BCUT2D eigenvalue weighted by Crippen LogP contribution is -2.42. The van der Waals surface area contributed by atoms with E-state index >= 15 is 0 Å². The van der Waals surface area contributed by atoms with Gasteiger partial charge in [0.25, 0.3) is 0 Å². The van der Waals surface area contributed by atoms with Crippen molar-refractivity contribution in [3.05, 3.63) is 11.6 Å². The summed E-state index contributed by atoms with van der Waals surface area (Å²) in [5.41, 5.74) is 0. The van der Waals surface area contributed by atoms with E-state index in [-0.39, 0.29) is 18.0 Å². The second kappa shape index (κ2) is 5.91. The van der Waals surface area contributed by atoms with E-state index in [1.165, 1.54) is 19.3 Å². The van der Waals surface area contributed by atoms with Crippen LogP contribution < -0.4 is 10.6 Å². The average molecular weight is 277 g/mol. The molecule has 3 heterocycles. The first kappa shape index (κ1) is 13.5. The molecule has 0 spiro atoms. The third-order valence-corrected chi connectivity index (χ3v) is 4.26. The van der Waals surface area contributed by atoms with Gasteiger partial charge < -0.3 is 15.2 Å². The smallest absolute Gasteiger partial charge is 0.237 e. The number of hydrogen-bond acceptors (Lipinski definition) is 4. The van der Waals surface area contributed by atoms with Crippen molar-refractivity contribution >= 4 is 5.91 Å². The molecule has 1 saturated heterocycles. The van der Waals surface area contributed by atoms with Crippen LogP contribution in [0.2, 0.25) is 0 Å². The van der Waals surface area contributed by atoms with Gasteiger partial charge in [0.15, 0.2) is 5.82 Å². The van der Waals surface area contributed by atoms with Crippen LogP contribution in [0.4, 0.5) is 0 Å². The topological polar surface area (TPSA) is 71.8 Å². The number of hydrogen-bond donors (Lipinski definition) is 2. The maximum atomic E-state index is 12.2. The van der Waals surface area contributed by atoms with Crippen molar-refractivity contribution < 1.29 is 4.79 Å². The Morgan fingerprint density at radius 2 is 2.25 bits per heavy atom. The summed E-state index contributed by atoms with van der Waals surface area (Å²) in [5.74, 6) is 2.05. The molecule has 1 fully saturated rings. The second-order valence-electron chi connectivity index (χ2n) is 5.82. The van der Waals surface area contributed by atoms with Gasteiger partial charge in [-0.25, -0.2) is 0 Å². The Kier molecular flexibility index (Phi) is 4.00. The predicted octanol–water partition coefficient (Wildman–Crippen LogP) is 0.934. The molecule has 2 aliphatic rings. The summed E-state index contributed by atoms with van der Waals surface area (Å²) in [6, 6.07) is -0.117. The molecule has 2 atom stereocenters. The normalized spacial score (nSPS) is 23.9. The van der Waals surface area contributed by atoms with Gasteiger partial charge in [-0.3, -0.25) is 4.79 Å². The third-order valence-electron chi connectivity index (χ3n) is 4.26. The highest BCUT2D eigenvalue weighted by Gasteiger charge is 2.26. The van der Waals surface area contributed by atoms with Gasteiger partial charge >= 0.3 is 0 Å². The Bertz CT molecular complexity index is 478. The number of amides is 1. The maximum absolute atomic E-state index is 12.2. The van der Waals surface area contributed by atoms with Crippen molar-refractivity contribution in [2.24, 2.45) is 0 Å². The minimum absolute atomic E-state index is 0.0380. The van der Waals surface area contributed by atoms with Crippen LogP contribution in [0.3, 0.4) is 0 Å². The van der Waals surface area contributed by atoms with Gasteiger partial charge in [0, 0.05) is 13.0 Å². The van der Waals surface area contributed by atoms with E-state index in [0.717, 1.165) is 44.0 Å². The summed E-state index contributed by atoms with van der Waals surface area (Å²) in [6.45, 7) is 3.90. The van der Waals surface area contributed by atoms with Crippen molar-refractivity contribution in [3.63, 3.8) is 0 Å². The quantitative estimate of drug-likeness (QED) is 0.862. The monoisotopic (exact) mass is 277 g/mol. The molecule has 3 rings (SSSR count). The molecule has 0 aromatic carbocycles. The predicted molar refractivity (Wildman–Crippen MR) is 75.2 cm³/mol. The number of rotatable bonds is 3. The van der Waals surface area contributed by atoms with Crippen molar-refractivity contribution in [1.82, 2.24) is 25.4 Å². The molecule has 1 amide bonds. The molecule has 1 aromatic heterocycles. The molecule has 2 N–H and O–H groups in total. The van der Waals surface area contributed by atoms with Crippen LogP contribution in [-0.2, 0) is 17.8 Å². The first-order valence-electron chi connectivity index (χ1n) is 7.71. The van der Waals surface area contributed by atoms with Crippen LogP contribution >= 0.6 is 0 Å². The summed E-state index contributed by atoms with van der Waals surface area (Å²) in [7, 11) is 0. The molecule has 6 heteroatoms. The van der Waals surface area contributed by atoms with Crippen molar-refractivity contribution in [3.8, 4) is 0 Å². The van der Waals surface area contributed by atoms with E-state index in [9.17, 15) is 4.79 Å². The molecule has 6 nitrogen and oxygen atoms in total. The van der Waals surface area contributed by atoms with E-state index < -0.39 is 0 Å². The van der Waals surface area contributed by atoms with E-state index in [4.69, 9.17) is 0 Å². The molecule has 0 bridgehead atoms. The maximum Gasteiger partial charge on any atom is 0.237 e. The van der Waals surface area contributed by atoms with Crippen LogP contribution in [0.5, 0.6) is 0 Å². The minimum Gasteiger partial charge on any atom is -0.345 e. The zero-order valence-electron chi connectivity index (χ0n) is 12.1. The number of aryl methyl sites for hydroxylation is 1. The van der Waals surface area contributed by atoms with Gasteiger partial charge in [0.05, 0.1) is 12.1 Å². The Hall–Kier alpha value is -1.43. The lowest BCUT2D eigenvalue weighted by Gasteiger charge is -2.17. The molecule has 20 heavy (non-hydrogen) atoms. The number of nitrogens with one attached hydrogen (secondary N) is 2. The fourth-order valence-corrected chi connectivity index (χ4v) is 3.11. The number of carbonyl (C=O) groups excluding carboxylic acids is 1. The molecular weight excluding hydrogens is 254 g/mol. The summed E-state index contributed by atoms with van der Waals surface area (Å²) < 4.78 is 2.19. The number of carbonyl (C=O) groups is 1. The number of aromatic nitrogens is 3. The fourth-order valence-electron chi connectivity index (χ4n) is 3.11. The molecule has 0 radical (unpaired) electrons. The van der Waals surface area contributed by atoms with Crippen LogP contribution in [0.25, 0.3) is 0 Å². The first-order valence-corrected chi connectivity index (χ1v) is 7.71. The lowest BCUT2D eigenvalue weighted by molar-refractivity contribution is -0.123. The van der Waals surface area contributed by atoms with Gasteiger partial charge in [-0.05, 0) is 39.2 Å². The average Bonchev–Trinajstić information content (AvgIpc) is 3.04. The Morgan fingerprint density at radius 3 is 3.05 bits per heavy atom. The highest BCUT2D eigenvalue weighted by Crippen LogP contribution is 2.19. The van der Waals surface area contributed by atoms with Gasteiger partial charge in [-0.1, -0.05) is 6.42 Å². The van der Waals surface area contributed by atoms with Crippen molar-refractivity contribution in [2.75, 3.05) is 6.54 Å². The zero-order valence-corrected chi connectivity index (χ0v) is 12.1. The third kappa shape index (κ3) is 2.70. The van der Waals surface area contributed by atoms with Gasteiger partial charge in [-0.2, -0.15) is 0 Å². The molecular formula is C14H23N5O. The molecule has 1 unspecified atom stereocenters. The lowest BCUT2D eigenvalue weighted by atomic mass is 10.2. The zero-order chi connectivity index (χ0) is 13.9. The number of nitrogens with zero attached hydrogens (tertiary/aromatic N) is 3. The minimum atomic E-state index is -0.0794. The summed E-state index contributed by atoms with van der Waals surface area (Å²) in [6.07, 6.45) is 6.60. The van der Waals surface area contributed by atoms with Crippen LogP contribution in [-0.4, -0.2) is 33.3 Å². The highest BCUT2D eigenvalue weighted by atomic mass is 16.2. The Morgan fingerprint density at radius 1 is 1.35 bits per heavy atom. The van der Waals surface area contributed by atoms with E-state index in [0.29, 0.717) is 0 Å². The fraction of sp³-hybridized carbons (Fsp3) is 0.786. The summed E-state index contributed by atoms with van der Waals surface area (Å²) in [5, 5.41) is 14.9. The number of fused-ring (bicyclic) bond motifs is 1. The van der Waals surface area contributed by atoms with Gasteiger partial charge in [-0.15, -0.1) is 10.2 Å². The van der Waals surface area contributed by atoms with Crippen molar-refractivity contribution in [1.29, 1.82) is 0 Å². The van der Waals surface area contributed by atoms with Crippen molar-refractivity contribution in [2.45, 2.75) is 64.1 Å². The molecule has 110 valence electrons. The molecule has 0 aliphatic carbocycles. The van der Waals surface area contributed by atoms with Gasteiger partial charge in [0.2, 0.25) is 5.91 Å². The van der Waals surface area contributed by atoms with Gasteiger partial charge in [0.1, 0.15) is 5.82 Å². The SMILES string of the molecule is CC(NC(=O)[C@@H]1CCCN1)c1nnc2n1CCCCC2. The second-order valence-corrected chi connectivity index (χ2v) is 5.82. The van der Waals surface area contributed by atoms with Crippen LogP contribution in [0.15, 0.2) is 0 Å². The largest absolute Gasteiger partial charge is 0.345 e. The Labute approximate surface area is 119 Å². The van der Waals surface area contributed by atoms with E-state index in [2.05, 4.69) is 25.4 Å². The van der Waals surface area contributed by atoms with Crippen LogP contribution in [0, 0.1) is 0 Å². The van der Waals surface area contributed by atoms with Crippen LogP contribution in [0.1, 0.15) is 56.7 Å². The summed E-state index contributed by atoms with van der Waals surface area (Å²) in [4.78, 5) is 12.2. The van der Waals surface area contributed by atoms with E-state index in [1.807, 2.05) is 6.92 Å². The molecule has 2 aliphatic heterocycles. The summed E-state index contributed by atoms with van der Waals surface area (Å²) >= 11 is 0.